The highest BCUT2D eigenvalue weighted by atomic mass is 16.6. The highest BCUT2D eigenvalue weighted by Crippen LogP contribution is 2.35. The molecule has 2 aliphatic heterocycles. The van der Waals surface area contributed by atoms with Gasteiger partial charge in [0.25, 0.3) is 5.56 Å². The largest absolute Gasteiger partial charge is 0.486 e. The lowest BCUT2D eigenvalue weighted by Crippen LogP contribution is -2.38. The number of aromatic nitrogens is 3. The first-order valence-electron chi connectivity index (χ1n) is 11.2. The lowest BCUT2D eigenvalue weighted by atomic mass is 10.2. The van der Waals surface area contributed by atoms with E-state index in [2.05, 4.69) is 15.3 Å². The fourth-order valence-corrected chi connectivity index (χ4v) is 4.04. The number of pyridine rings is 1. The molecule has 12 nitrogen and oxygen atoms in total. The van der Waals surface area contributed by atoms with E-state index in [0.717, 1.165) is 0 Å². The number of fused-ring (bicyclic) bond motifs is 2. The summed E-state index contributed by atoms with van der Waals surface area (Å²) in [4.78, 5) is 34.7. The number of ether oxygens (including phenoxy) is 4. The number of aliphatic hydroxyl groups excluding tert-OH is 1. The normalized spacial score (nSPS) is 17.9. The molecule has 12 heteroatoms. The van der Waals surface area contributed by atoms with Crippen molar-refractivity contribution in [3.05, 3.63) is 46.9 Å². The number of carbonyl (C=O) groups excluding carboxylic acids is 1. The maximum atomic E-state index is 12.4. The Morgan fingerprint density at radius 2 is 2.03 bits per heavy atom. The van der Waals surface area contributed by atoms with Crippen molar-refractivity contribution < 1.29 is 28.8 Å². The minimum absolute atomic E-state index is 0.0127. The van der Waals surface area contributed by atoms with E-state index in [-0.39, 0.29) is 18.6 Å². The molecule has 2 aromatic heterocycles. The monoisotopic (exact) mass is 483 g/mol. The van der Waals surface area contributed by atoms with Gasteiger partial charge in [-0.15, -0.1) is 0 Å². The topological polar surface area (TPSA) is 137 Å². The molecule has 4 heterocycles. The van der Waals surface area contributed by atoms with E-state index in [9.17, 15) is 14.7 Å². The predicted octanol–water partition coefficient (Wildman–Crippen LogP) is 0.547. The molecule has 0 saturated carbocycles. The second-order valence-electron chi connectivity index (χ2n) is 8.16. The molecule has 2 aliphatic rings. The molecule has 0 radical (unpaired) electrons. The predicted molar refractivity (Wildman–Crippen MR) is 124 cm³/mol. The van der Waals surface area contributed by atoms with E-state index in [1.807, 2.05) is 0 Å². The van der Waals surface area contributed by atoms with Crippen LogP contribution in [0.15, 0.2) is 41.3 Å². The highest BCUT2D eigenvalue weighted by Gasteiger charge is 2.33. The smallest absolute Gasteiger partial charge is 0.414 e. The first-order valence-corrected chi connectivity index (χ1v) is 11.2. The lowest BCUT2D eigenvalue weighted by Gasteiger charge is -2.21. The van der Waals surface area contributed by atoms with Gasteiger partial charge in [0.1, 0.15) is 24.8 Å². The second-order valence-corrected chi connectivity index (χ2v) is 8.16. The second kappa shape index (κ2) is 9.76. The summed E-state index contributed by atoms with van der Waals surface area (Å²) in [5, 5.41) is 13.6. The number of anilines is 1. The molecule has 184 valence electrons. The molecule has 3 aromatic rings. The van der Waals surface area contributed by atoms with E-state index in [1.165, 1.54) is 22.8 Å². The van der Waals surface area contributed by atoms with Crippen LogP contribution in [-0.2, 0) is 11.3 Å². The SMILES string of the molecule is COc1ccc2ncc(=O)n(CC(O)CNCC3CN(c4ccc5c(c4)OCCO5)C(=O)O3)c2n1. The summed E-state index contributed by atoms with van der Waals surface area (Å²) in [7, 11) is 1.48. The first-order chi connectivity index (χ1) is 17.0. The third-order valence-electron chi connectivity index (χ3n) is 5.73. The van der Waals surface area contributed by atoms with Gasteiger partial charge < -0.3 is 29.4 Å². The van der Waals surface area contributed by atoms with E-state index in [4.69, 9.17) is 18.9 Å². The average molecular weight is 483 g/mol. The zero-order valence-electron chi connectivity index (χ0n) is 19.0. The van der Waals surface area contributed by atoms with Gasteiger partial charge in [0, 0.05) is 25.2 Å². The zero-order valence-corrected chi connectivity index (χ0v) is 19.0. The van der Waals surface area contributed by atoms with E-state index in [0.29, 0.717) is 60.5 Å². The third-order valence-corrected chi connectivity index (χ3v) is 5.73. The molecule has 0 spiro atoms. The standard InChI is InChI=1S/C23H25N5O7/c1-32-20-5-3-17-22(26-20)28(21(30)11-25-17)12-15(29)9-24-10-16-13-27(23(31)35-16)14-2-4-18-19(8-14)34-7-6-33-18/h2-5,8,11,15-16,24,29H,6-7,9-10,12-13H2,1H3. The first kappa shape index (κ1) is 22.9. The Morgan fingerprint density at radius 3 is 2.86 bits per heavy atom. The number of carbonyl (C=O) groups is 1. The van der Waals surface area contributed by atoms with Crippen molar-refractivity contribution in [3.8, 4) is 17.4 Å². The molecule has 35 heavy (non-hydrogen) atoms. The van der Waals surface area contributed by atoms with Gasteiger partial charge in [0.2, 0.25) is 5.88 Å². The van der Waals surface area contributed by atoms with E-state index in [1.54, 1.807) is 30.3 Å². The molecule has 1 saturated heterocycles. The van der Waals surface area contributed by atoms with Crippen molar-refractivity contribution in [1.82, 2.24) is 19.9 Å². The summed E-state index contributed by atoms with van der Waals surface area (Å²) in [6.07, 6.45) is -0.555. The number of hydrogen-bond donors (Lipinski definition) is 2. The van der Waals surface area contributed by atoms with E-state index < -0.39 is 18.3 Å². The van der Waals surface area contributed by atoms with Gasteiger partial charge in [-0.3, -0.25) is 14.3 Å². The Bertz CT molecular complexity index is 1300. The summed E-state index contributed by atoms with van der Waals surface area (Å²) < 4.78 is 23.1. The Balaban J connectivity index is 1.17. The minimum atomic E-state index is -0.891. The van der Waals surface area contributed by atoms with Crippen LogP contribution in [0.4, 0.5) is 10.5 Å². The van der Waals surface area contributed by atoms with Crippen LogP contribution in [0.2, 0.25) is 0 Å². The van der Waals surface area contributed by atoms with Crippen molar-refractivity contribution in [2.45, 2.75) is 18.8 Å². The summed E-state index contributed by atoms with van der Waals surface area (Å²) in [5.41, 5.74) is 1.13. The number of nitrogens with zero attached hydrogens (tertiary/aromatic N) is 4. The zero-order chi connectivity index (χ0) is 24.4. The maximum absolute atomic E-state index is 12.4. The number of rotatable bonds is 8. The molecule has 2 unspecified atom stereocenters. The summed E-state index contributed by atoms with van der Waals surface area (Å²) in [6, 6.07) is 8.67. The quantitative estimate of drug-likeness (QED) is 0.467. The van der Waals surface area contributed by atoms with Crippen LogP contribution in [-0.4, -0.2) is 77.9 Å². The van der Waals surface area contributed by atoms with E-state index >= 15 is 0 Å². The van der Waals surface area contributed by atoms with Crippen LogP contribution < -0.4 is 30.0 Å². The molecule has 1 amide bonds. The lowest BCUT2D eigenvalue weighted by molar-refractivity contribution is 0.127. The molecule has 1 fully saturated rings. The number of methoxy groups -OCH3 is 1. The maximum Gasteiger partial charge on any atom is 0.414 e. The van der Waals surface area contributed by atoms with Crippen LogP contribution in [0.1, 0.15) is 0 Å². The number of hydrogen-bond acceptors (Lipinski definition) is 10. The number of cyclic esters (lactones) is 1. The third kappa shape index (κ3) is 4.84. The van der Waals surface area contributed by atoms with Crippen molar-refractivity contribution in [2.24, 2.45) is 0 Å². The molecule has 5 rings (SSSR count). The highest BCUT2D eigenvalue weighted by molar-refractivity contribution is 5.90. The Hall–Kier alpha value is -3.90. The Morgan fingerprint density at radius 1 is 1.20 bits per heavy atom. The van der Waals surface area contributed by atoms with Gasteiger partial charge in [0.15, 0.2) is 17.1 Å². The molecule has 2 N–H and O–H groups in total. The van der Waals surface area contributed by atoms with Gasteiger partial charge in [-0.1, -0.05) is 0 Å². The molecule has 0 aliphatic carbocycles. The number of amides is 1. The van der Waals surface area contributed by atoms with Crippen molar-refractivity contribution >= 4 is 22.9 Å². The average Bonchev–Trinajstić information content (AvgIpc) is 3.25. The van der Waals surface area contributed by atoms with Gasteiger partial charge in [0.05, 0.1) is 38.2 Å². The molecule has 1 aromatic carbocycles. The Kier molecular flexibility index (Phi) is 6.38. The fraction of sp³-hybridized carbons (Fsp3) is 0.391. The Labute approximate surface area is 200 Å². The summed E-state index contributed by atoms with van der Waals surface area (Å²) >= 11 is 0. The molecular formula is C23H25N5O7. The summed E-state index contributed by atoms with van der Waals surface area (Å²) in [6.45, 7) is 1.83. The van der Waals surface area contributed by atoms with Gasteiger partial charge in [-0.25, -0.2) is 9.78 Å². The van der Waals surface area contributed by atoms with Gasteiger partial charge in [-0.2, -0.15) is 4.98 Å². The molecular weight excluding hydrogens is 458 g/mol. The van der Waals surface area contributed by atoms with Crippen LogP contribution in [0, 0.1) is 0 Å². The number of benzene rings is 1. The van der Waals surface area contributed by atoms with Crippen LogP contribution in [0.5, 0.6) is 17.4 Å². The van der Waals surface area contributed by atoms with Crippen LogP contribution in [0.25, 0.3) is 11.2 Å². The number of nitrogens with one attached hydrogen (secondary N) is 1. The van der Waals surface area contributed by atoms with Crippen molar-refractivity contribution in [2.75, 3.05) is 44.9 Å². The summed E-state index contributed by atoms with van der Waals surface area (Å²) in [5.74, 6) is 1.59. The fourth-order valence-electron chi connectivity index (χ4n) is 4.04. The van der Waals surface area contributed by atoms with Crippen LogP contribution >= 0.6 is 0 Å². The molecule has 0 bridgehead atoms. The van der Waals surface area contributed by atoms with Gasteiger partial charge >= 0.3 is 6.09 Å². The molecule has 2 atom stereocenters. The minimum Gasteiger partial charge on any atom is -0.486 e. The number of aliphatic hydroxyl groups is 1. The van der Waals surface area contributed by atoms with Crippen LogP contribution in [0.3, 0.4) is 0 Å². The van der Waals surface area contributed by atoms with Crippen molar-refractivity contribution in [1.29, 1.82) is 0 Å². The van der Waals surface area contributed by atoms with Gasteiger partial charge in [-0.05, 0) is 18.2 Å². The van der Waals surface area contributed by atoms with Crippen molar-refractivity contribution in [3.63, 3.8) is 0 Å².